The van der Waals surface area contributed by atoms with Crippen LogP contribution in [0.1, 0.15) is 44.7 Å². The maximum atomic E-state index is 12.9. The summed E-state index contributed by atoms with van der Waals surface area (Å²) >= 11 is 0. The number of aryl methyl sites for hydroxylation is 1. The summed E-state index contributed by atoms with van der Waals surface area (Å²) in [7, 11) is 1.60. The molecular weight excluding hydrogens is 382 g/mol. The molecule has 4 rings (SSSR count). The van der Waals surface area contributed by atoms with Crippen molar-refractivity contribution in [3.8, 4) is 0 Å². The Morgan fingerprint density at radius 2 is 2.17 bits per heavy atom. The number of hydrogen-bond acceptors (Lipinski definition) is 5. The molecular formula is C22H35N5O3. The molecule has 30 heavy (non-hydrogen) atoms. The number of carbonyl (C=O) groups excluding carboxylic acids is 2. The van der Waals surface area contributed by atoms with Crippen LogP contribution in [0.25, 0.3) is 0 Å². The normalized spacial score (nSPS) is 29.0. The first-order chi connectivity index (χ1) is 14.6. The zero-order chi connectivity index (χ0) is 21.1. The lowest BCUT2D eigenvalue weighted by atomic mass is 9.72. The molecule has 8 nitrogen and oxygen atoms in total. The van der Waals surface area contributed by atoms with Crippen molar-refractivity contribution in [1.82, 2.24) is 24.7 Å². The summed E-state index contributed by atoms with van der Waals surface area (Å²) < 4.78 is 7.22. The molecule has 0 aliphatic carbocycles. The second-order valence-electron chi connectivity index (χ2n) is 9.00. The Morgan fingerprint density at radius 3 is 2.97 bits per heavy atom. The second kappa shape index (κ2) is 9.47. The van der Waals surface area contributed by atoms with Crippen molar-refractivity contribution >= 4 is 11.8 Å². The van der Waals surface area contributed by atoms with Gasteiger partial charge in [0.05, 0.1) is 24.7 Å². The molecule has 1 N–H and O–H groups in total. The molecule has 3 fully saturated rings. The van der Waals surface area contributed by atoms with Gasteiger partial charge in [0.2, 0.25) is 11.8 Å². The minimum Gasteiger partial charge on any atom is -0.384 e. The van der Waals surface area contributed by atoms with Crippen LogP contribution in [-0.4, -0.2) is 76.6 Å². The minimum atomic E-state index is -0.000468. The summed E-state index contributed by atoms with van der Waals surface area (Å²) in [6, 6.07) is 0.395. The predicted molar refractivity (Wildman–Crippen MR) is 113 cm³/mol. The van der Waals surface area contributed by atoms with E-state index in [1.807, 2.05) is 12.5 Å². The minimum absolute atomic E-state index is 0.000468. The van der Waals surface area contributed by atoms with Gasteiger partial charge in [0, 0.05) is 64.9 Å². The van der Waals surface area contributed by atoms with E-state index in [2.05, 4.69) is 31.6 Å². The maximum Gasteiger partial charge on any atom is 0.223 e. The molecule has 4 heterocycles. The zero-order valence-corrected chi connectivity index (χ0v) is 18.3. The predicted octanol–water partition coefficient (Wildman–Crippen LogP) is 1.26. The number of imidazole rings is 1. The van der Waals surface area contributed by atoms with Gasteiger partial charge in [0.1, 0.15) is 0 Å². The van der Waals surface area contributed by atoms with E-state index >= 15 is 0 Å². The number of amides is 2. The highest BCUT2D eigenvalue weighted by molar-refractivity contribution is 5.78. The fraction of sp³-hybridized carbons (Fsp3) is 0.773. The summed E-state index contributed by atoms with van der Waals surface area (Å²) in [5, 5.41) is 3.08. The van der Waals surface area contributed by atoms with Crippen molar-refractivity contribution in [2.75, 3.05) is 33.4 Å². The number of methoxy groups -OCH3 is 1. The topological polar surface area (TPSA) is 79.7 Å². The SMILES string of the molecule is CCn1cncc1CN1C[C@H]2C[C@@H](C1)[C@H](CNC(=O)CCOC)N1C(=O)CCC[C@@H]21. The fourth-order valence-electron chi connectivity index (χ4n) is 5.76. The molecule has 8 heteroatoms. The van der Waals surface area contributed by atoms with Crippen molar-refractivity contribution in [2.24, 2.45) is 11.8 Å². The Morgan fingerprint density at radius 1 is 1.33 bits per heavy atom. The third kappa shape index (κ3) is 4.39. The molecule has 0 aromatic carbocycles. The maximum absolute atomic E-state index is 12.9. The molecule has 1 aromatic heterocycles. The van der Waals surface area contributed by atoms with Gasteiger partial charge >= 0.3 is 0 Å². The molecule has 3 aliphatic heterocycles. The Bertz CT molecular complexity index is 751. The van der Waals surface area contributed by atoms with E-state index in [0.29, 0.717) is 43.9 Å². The molecule has 0 spiro atoms. The smallest absolute Gasteiger partial charge is 0.223 e. The highest BCUT2D eigenvalue weighted by atomic mass is 16.5. The number of nitrogens with zero attached hydrogens (tertiary/aromatic N) is 4. The van der Waals surface area contributed by atoms with Crippen LogP contribution in [0.4, 0.5) is 0 Å². The van der Waals surface area contributed by atoms with Crippen molar-refractivity contribution in [1.29, 1.82) is 0 Å². The molecule has 2 bridgehead atoms. The lowest BCUT2D eigenvalue weighted by molar-refractivity contribution is -0.153. The standard InChI is InChI=1S/C22H35N5O3/c1-3-26-15-23-10-18(26)14-25-12-16-9-17(13-25)20(11-24-21(28)7-8-30-2)27-19(16)5-4-6-22(27)29/h10,15-17,19-20H,3-9,11-14H2,1-2H3,(H,24,28)/t16-,17+,19+,20+/m1/s1. The van der Waals surface area contributed by atoms with Gasteiger partial charge in [-0.05, 0) is 38.0 Å². The lowest BCUT2D eigenvalue weighted by Crippen LogP contribution is -2.67. The fourth-order valence-corrected chi connectivity index (χ4v) is 5.76. The molecule has 0 unspecified atom stereocenters. The van der Waals surface area contributed by atoms with Gasteiger partial charge in [-0.15, -0.1) is 0 Å². The van der Waals surface area contributed by atoms with Crippen molar-refractivity contribution < 1.29 is 14.3 Å². The van der Waals surface area contributed by atoms with Crippen LogP contribution in [0.5, 0.6) is 0 Å². The average Bonchev–Trinajstić information content (AvgIpc) is 3.19. The Balaban J connectivity index is 1.48. The van der Waals surface area contributed by atoms with Crippen LogP contribution >= 0.6 is 0 Å². The Labute approximate surface area is 178 Å². The van der Waals surface area contributed by atoms with Gasteiger partial charge in [0.15, 0.2) is 0 Å². The highest BCUT2D eigenvalue weighted by Crippen LogP contribution is 2.41. The number of piperidine rings is 3. The number of ether oxygens (including phenoxy) is 1. The highest BCUT2D eigenvalue weighted by Gasteiger charge is 2.49. The number of rotatable bonds is 8. The Hall–Kier alpha value is -1.93. The van der Waals surface area contributed by atoms with E-state index in [1.54, 1.807) is 7.11 Å². The second-order valence-corrected chi connectivity index (χ2v) is 9.00. The van der Waals surface area contributed by atoms with Crippen molar-refractivity contribution in [2.45, 2.75) is 64.2 Å². The molecule has 0 saturated carbocycles. The first-order valence-corrected chi connectivity index (χ1v) is 11.4. The largest absolute Gasteiger partial charge is 0.384 e. The summed E-state index contributed by atoms with van der Waals surface area (Å²) in [5.41, 5.74) is 1.25. The van der Waals surface area contributed by atoms with Crippen LogP contribution in [0, 0.1) is 11.8 Å². The zero-order valence-electron chi connectivity index (χ0n) is 18.3. The summed E-state index contributed by atoms with van der Waals surface area (Å²) in [5.74, 6) is 1.18. The molecule has 3 aliphatic rings. The first-order valence-electron chi connectivity index (χ1n) is 11.4. The number of carbonyl (C=O) groups is 2. The van der Waals surface area contributed by atoms with E-state index in [0.717, 1.165) is 45.4 Å². The number of hydrogen-bond donors (Lipinski definition) is 1. The molecule has 2 amide bonds. The van der Waals surface area contributed by atoms with Gasteiger partial charge in [-0.3, -0.25) is 14.5 Å². The van der Waals surface area contributed by atoms with E-state index in [9.17, 15) is 9.59 Å². The number of nitrogens with one attached hydrogen (secondary N) is 1. The van der Waals surface area contributed by atoms with E-state index in [4.69, 9.17) is 4.74 Å². The van der Waals surface area contributed by atoms with E-state index < -0.39 is 0 Å². The van der Waals surface area contributed by atoms with Gasteiger partial charge < -0.3 is 19.5 Å². The third-order valence-corrected chi connectivity index (χ3v) is 7.14. The van der Waals surface area contributed by atoms with Crippen LogP contribution < -0.4 is 5.32 Å². The van der Waals surface area contributed by atoms with Crippen LogP contribution in [0.15, 0.2) is 12.5 Å². The quantitative estimate of drug-likeness (QED) is 0.689. The van der Waals surface area contributed by atoms with Gasteiger partial charge in [-0.25, -0.2) is 4.98 Å². The average molecular weight is 418 g/mol. The summed E-state index contributed by atoms with van der Waals surface area (Å²) in [6.45, 7) is 6.93. The molecule has 166 valence electrons. The van der Waals surface area contributed by atoms with Crippen molar-refractivity contribution in [3.63, 3.8) is 0 Å². The van der Waals surface area contributed by atoms with Crippen LogP contribution in [0.2, 0.25) is 0 Å². The Kier molecular flexibility index (Phi) is 6.73. The van der Waals surface area contributed by atoms with E-state index in [-0.39, 0.29) is 17.9 Å². The van der Waals surface area contributed by atoms with Gasteiger partial charge in [-0.1, -0.05) is 0 Å². The van der Waals surface area contributed by atoms with Gasteiger partial charge in [-0.2, -0.15) is 0 Å². The monoisotopic (exact) mass is 417 g/mol. The molecule has 0 radical (unpaired) electrons. The number of likely N-dealkylation sites (tertiary alicyclic amines) is 1. The van der Waals surface area contributed by atoms with Crippen LogP contribution in [0.3, 0.4) is 0 Å². The number of fused-ring (bicyclic) bond motifs is 4. The third-order valence-electron chi connectivity index (χ3n) is 7.14. The summed E-state index contributed by atoms with van der Waals surface area (Å²) in [6.07, 6.45) is 8.09. The molecule has 3 saturated heterocycles. The molecule has 4 atom stereocenters. The number of aromatic nitrogens is 2. The van der Waals surface area contributed by atoms with E-state index in [1.165, 1.54) is 5.69 Å². The summed E-state index contributed by atoms with van der Waals surface area (Å²) in [4.78, 5) is 34.1. The lowest BCUT2D eigenvalue weighted by Gasteiger charge is -2.56. The van der Waals surface area contributed by atoms with Gasteiger partial charge in [0.25, 0.3) is 0 Å². The first kappa shape index (κ1) is 21.3. The van der Waals surface area contributed by atoms with Crippen LogP contribution in [-0.2, 0) is 27.4 Å². The van der Waals surface area contributed by atoms with Crippen molar-refractivity contribution in [3.05, 3.63) is 18.2 Å². The molecule has 1 aromatic rings.